The van der Waals surface area contributed by atoms with E-state index >= 15 is 0 Å². The van der Waals surface area contributed by atoms with Gasteiger partial charge in [0.25, 0.3) is 0 Å². The smallest absolute Gasteiger partial charge is 0.0802 e. The van der Waals surface area contributed by atoms with Crippen LogP contribution in [0, 0.1) is 12.8 Å². The van der Waals surface area contributed by atoms with Gasteiger partial charge in [0, 0.05) is 13.1 Å². The lowest BCUT2D eigenvalue weighted by Gasteiger charge is -2.18. The Hall–Kier alpha value is -0.860. The van der Waals surface area contributed by atoms with E-state index in [1.165, 1.54) is 31.5 Å². The molecule has 1 saturated heterocycles. The minimum Gasteiger partial charge on any atom is -0.388 e. The first-order valence-corrected chi connectivity index (χ1v) is 7.16. The number of aliphatic hydroxyl groups is 1. The van der Waals surface area contributed by atoms with Crippen molar-refractivity contribution >= 4 is 0 Å². The molecule has 1 fully saturated rings. The van der Waals surface area contributed by atoms with E-state index in [2.05, 4.69) is 30.9 Å². The summed E-state index contributed by atoms with van der Waals surface area (Å²) < 4.78 is 0. The molecular formula is C16H25NO. The van der Waals surface area contributed by atoms with E-state index in [-0.39, 0.29) is 6.10 Å². The molecule has 18 heavy (non-hydrogen) atoms. The van der Waals surface area contributed by atoms with Crippen molar-refractivity contribution in [2.45, 2.75) is 39.2 Å². The van der Waals surface area contributed by atoms with Crippen molar-refractivity contribution in [3.05, 3.63) is 35.4 Å². The van der Waals surface area contributed by atoms with Crippen molar-refractivity contribution in [1.29, 1.82) is 0 Å². The Balaban J connectivity index is 1.78. The van der Waals surface area contributed by atoms with Crippen molar-refractivity contribution in [2.75, 3.05) is 19.6 Å². The number of hydrogen-bond acceptors (Lipinski definition) is 2. The topological polar surface area (TPSA) is 23.5 Å². The van der Waals surface area contributed by atoms with E-state index < -0.39 is 0 Å². The van der Waals surface area contributed by atoms with Gasteiger partial charge in [-0.05, 0) is 37.8 Å². The number of nitrogens with zero attached hydrogens (tertiary/aromatic N) is 1. The summed E-state index contributed by atoms with van der Waals surface area (Å²) in [6, 6.07) is 8.22. The minimum absolute atomic E-state index is 0.314. The SMILES string of the molecule is CCC1CCN(CCC(O)c2ccc(C)cc2)C1. The first kappa shape index (κ1) is 13.6. The van der Waals surface area contributed by atoms with Gasteiger partial charge >= 0.3 is 0 Å². The van der Waals surface area contributed by atoms with Gasteiger partial charge in [0.1, 0.15) is 0 Å². The maximum Gasteiger partial charge on any atom is 0.0802 e. The van der Waals surface area contributed by atoms with E-state index in [1.54, 1.807) is 0 Å². The molecule has 0 amide bonds. The third-order valence-corrected chi connectivity index (χ3v) is 4.13. The highest BCUT2D eigenvalue weighted by atomic mass is 16.3. The van der Waals surface area contributed by atoms with Gasteiger partial charge in [-0.15, -0.1) is 0 Å². The second kappa shape index (κ2) is 6.35. The number of benzene rings is 1. The fourth-order valence-electron chi connectivity index (χ4n) is 2.71. The molecule has 0 aromatic heterocycles. The van der Waals surface area contributed by atoms with Crippen LogP contribution in [0.3, 0.4) is 0 Å². The van der Waals surface area contributed by atoms with E-state index in [4.69, 9.17) is 0 Å². The van der Waals surface area contributed by atoms with Crippen molar-refractivity contribution in [1.82, 2.24) is 4.90 Å². The van der Waals surface area contributed by atoms with Crippen LogP contribution in [-0.2, 0) is 0 Å². The normalized spacial score (nSPS) is 22.3. The molecule has 1 aliphatic heterocycles. The largest absolute Gasteiger partial charge is 0.388 e. The fourth-order valence-corrected chi connectivity index (χ4v) is 2.71. The number of likely N-dealkylation sites (tertiary alicyclic amines) is 1. The average Bonchev–Trinajstić information content (AvgIpc) is 2.85. The summed E-state index contributed by atoms with van der Waals surface area (Å²) in [7, 11) is 0. The Morgan fingerprint density at radius 1 is 1.33 bits per heavy atom. The molecule has 2 unspecified atom stereocenters. The van der Waals surface area contributed by atoms with Crippen molar-refractivity contribution in [3.63, 3.8) is 0 Å². The third kappa shape index (κ3) is 3.56. The lowest BCUT2D eigenvalue weighted by Crippen LogP contribution is -2.23. The van der Waals surface area contributed by atoms with Crippen LogP contribution in [0.25, 0.3) is 0 Å². The predicted octanol–water partition coefficient (Wildman–Crippen LogP) is 3.15. The standard InChI is InChI=1S/C16H25NO/c1-3-14-8-10-17(12-14)11-9-16(18)15-6-4-13(2)5-7-15/h4-7,14,16,18H,3,8-12H2,1-2H3. The average molecular weight is 247 g/mol. The van der Waals surface area contributed by atoms with Gasteiger partial charge in [-0.3, -0.25) is 0 Å². The van der Waals surface area contributed by atoms with Gasteiger partial charge < -0.3 is 10.0 Å². The minimum atomic E-state index is -0.314. The van der Waals surface area contributed by atoms with Gasteiger partial charge in [-0.1, -0.05) is 43.2 Å². The second-order valence-corrected chi connectivity index (χ2v) is 5.58. The molecule has 0 saturated carbocycles. The molecular weight excluding hydrogens is 222 g/mol. The number of hydrogen-bond donors (Lipinski definition) is 1. The molecule has 1 aromatic carbocycles. The summed E-state index contributed by atoms with van der Waals surface area (Å²) in [5, 5.41) is 10.2. The zero-order chi connectivity index (χ0) is 13.0. The van der Waals surface area contributed by atoms with Crippen molar-refractivity contribution in [2.24, 2.45) is 5.92 Å². The molecule has 1 aromatic rings. The summed E-state index contributed by atoms with van der Waals surface area (Å²) >= 11 is 0. The van der Waals surface area contributed by atoms with Crippen LogP contribution in [-0.4, -0.2) is 29.6 Å². The molecule has 0 spiro atoms. The van der Waals surface area contributed by atoms with Crippen molar-refractivity contribution < 1.29 is 5.11 Å². The van der Waals surface area contributed by atoms with Gasteiger partial charge in [-0.2, -0.15) is 0 Å². The predicted molar refractivity (Wildman–Crippen MR) is 75.6 cm³/mol. The lowest BCUT2D eigenvalue weighted by atomic mass is 10.0. The highest BCUT2D eigenvalue weighted by Gasteiger charge is 2.21. The molecule has 2 rings (SSSR count). The molecule has 2 atom stereocenters. The third-order valence-electron chi connectivity index (χ3n) is 4.13. The molecule has 1 aliphatic rings. The molecule has 0 bridgehead atoms. The van der Waals surface area contributed by atoms with E-state index in [1.807, 2.05) is 12.1 Å². The molecule has 0 radical (unpaired) electrons. The molecule has 100 valence electrons. The molecule has 0 aliphatic carbocycles. The summed E-state index contributed by atoms with van der Waals surface area (Å²) in [5.41, 5.74) is 2.29. The van der Waals surface area contributed by atoms with Gasteiger partial charge in [0.15, 0.2) is 0 Å². The number of rotatable bonds is 5. The van der Waals surface area contributed by atoms with E-state index in [0.717, 1.165) is 24.4 Å². The van der Waals surface area contributed by atoms with Crippen LogP contribution in [0.2, 0.25) is 0 Å². The Kier molecular flexibility index (Phi) is 4.79. The van der Waals surface area contributed by atoms with E-state index in [0.29, 0.717) is 0 Å². The van der Waals surface area contributed by atoms with Gasteiger partial charge in [0.2, 0.25) is 0 Å². The van der Waals surface area contributed by atoms with Crippen LogP contribution in [0.1, 0.15) is 43.4 Å². The monoisotopic (exact) mass is 247 g/mol. The Labute approximate surface area is 111 Å². The highest BCUT2D eigenvalue weighted by Crippen LogP contribution is 2.22. The van der Waals surface area contributed by atoms with Crippen LogP contribution in [0.5, 0.6) is 0 Å². The maximum atomic E-state index is 10.2. The zero-order valence-electron chi connectivity index (χ0n) is 11.6. The molecule has 2 nitrogen and oxygen atoms in total. The van der Waals surface area contributed by atoms with Crippen LogP contribution in [0.15, 0.2) is 24.3 Å². The summed E-state index contributed by atoms with van der Waals surface area (Å²) in [5.74, 6) is 0.876. The van der Waals surface area contributed by atoms with Gasteiger partial charge in [0.05, 0.1) is 6.10 Å². The molecule has 1 heterocycles. The first-order valence-electron chi connectivity index (χ1n) is 7.16. The van der Waals surface area contributed by atoms with Crippen molar-refractivity contribution in [3.8, 4) is 0 Å². The summed E-state index contributed by atoms with van der Waals surface area (Å²) in [6.07, 6.45) is 3.15. The van der Waals surface area contributed by atoms with Crippen LogP contribution in [0.4, 0.5) is 0 Å². The summed E-state index contributed by atoms with van der Waals surface area (Å²) in [6.45, 7) is 7.79. The quantitative estimate of drug-likeness (QED) is 0.864. The van der Waals surface area contributed by atoms with Gasteiger partial charge in [-0.25, -0.2) is 0 Å². The summed E-state index contributed by atoms with van der Waals surface area (Å²) in [4.78, 5) is 2.49. The maximum absolute atomic E-state index is 10.2. The highest BCUT2D eigenvalue weighted by molar-refractivity contribution is 5.23. The molecule has 1 N–H and O–H groups in total. The molecule has 2 heteroatoms. The first-order chi connectivity index (χ1) is 8.69. The Morgan fingerprint density at radius 2 is 2.06 bits per heavy atom. The lowest BCUT2D eigenvalue weighted by molar-refractivity contribution is 0.148. The zero-order valence-corrected chi connectivity index (χ0v) is 11.6. The fraction of sp³-hybridized carbons (Fsp3) is 0.625. The Bertz CT molecular complexity index is 360. The van der Waals surface area contributed by atoms with E-state index in [9.17, 15) is 5.11 Å². The Morgan fingerprint density at radius 3 is 2.67 bits per heavy atom. The van der Waals surface area contributed by atoms with Crippen LogP contribution >= 0.6 is 0 Å². The second-order valence-electron chi connectivity index (χ2n) is 5.58. The number of aliphatic hydroxyl groups excluding tert-OH is 1. The number of aryl methyl sites for hydroxylation is 1. The van der Waals surface area contributed by atoms with Crippen LogP contribution < -0.4 is 0 Å².